The number of hydrogen-bond acceptors (Lipinski definition) is 5. The van der Waals surface area contributed by atoms with Gasteiger partial charge >= 0.3 is 0 Å². The summed E-state index contributed by atoms with van der Waals surface area (Å²) in [6.45, 7) is 5.61. The van der Waals surface area contributed by atoms with Crippen molar-refractivity contribution in [1.29, 1.82) is 0 Å². The monoisotopic (exact) mass is 569 g/mol. The number of nitrogens with one attached hydrogen (secondary N) is 1. The summed E-state index contributed by atoms with van der Waals surface area (Å²) in [6, 6.07) is 6.05. The van der Waals surface area contributed by atoms with Crippen LogP contribution in [0.3, 0.4) is 0 Å². The first-order valence-electron chi connectivity index (χ1n) is 11.6. The summed E-state index contributed by atoms with van der Waals surface area (Å²) >= 11 is 0. The van der Waals surface area contributed by atoms with Crippen molar-refractivity contribution in [2.45, 2.75) is 51.4 Å². The lowest BCUT2D eigenvalue weighted by Crippen LogP contribution is -2.48. The van der Waals surface area contributed by atoms with E-state index in [-0.39, 0.29) is 36.2 Å². The van der Waals surface area contributed by atoms with Crippen molar-refractivity contribution >= 4 is 29.9 Å². The van der Waals surface area contributed by atoms with Gasteiger partial charge in [0.05, 0.1) is 39.1 Å². The molecule has 0 bridgehead atoms. The Balaban J connectivity index is 0.00000306. The Morgan fingerprint density at radius 1 is 1.30 bits per heavy atom. The number of methoxy groups -OCH3 is 1. The highest BCUT2D eigenvalue weighted by atomic mass is 127. The molecule has 9 heteroatoms. The molecule has 1 aromatic heterocycles. The number of hydrogen-bond donors (Lipinski definition) is 1. The molecule has 1 unspecified atom stereocenters. The fourth-order valence-corrected chi connectivity index (χ4v) is 4.39. The molecule has 0 amide bonds. The smallest absolute Gasteiger partial charge is 0.194 e. The fourth-order valence-electron chi connectivity index (χ4n) is 4.39. The maximum absolute atomic E-state index is 6.39. The molecule has 2 aliphatic rings. The summed E-state index contributed by atoms with van der Waals surface area (Å²) in [6.07, 6.45) is 8.81. The van der Waals surface area contributed by atoms with Crippen molar-refractivity contribution in [3.05, 3.63) is 41.7 Å². The van der Waals surface area contributed by atoms with Gasteiger partial charge in [0.2, 0.25) is 0 Å². The van der Waals surface area contributed by atoms with Crippen LogP contribution in [0.4, 0.5) is 0 Å². The lowest BCUT2D eigenvalue weighted by molar-refractivity contribution is -0.00805. The third kappa shape index (κ3) is 6.53. The zero-order chi connectivity index (χ0) is 22.3. The topological polar surface area (TPSA) is 73.1 Å². The van der Waals surface area contributed by atoms with Crippen LogP contribution < -0.4 is 14.8 Å². The Bertz CT molecular complexity index is 913. The molecule has 8 nitrogen and oxygen atoms in total. The zero-order valence-electron chi connectivity index (χ0n) is 19.8. The van der Waals surface area contributed by atoms with Gasteiger partial charge in [-0.05, 0) is 38.7 Å². The van der Waals surface area contributed by atoms with Crippen molar-refractivity contribution in [3.63, 3.8) is 0 Å². The Kier molecular flexibility index (Phi) is 9.66. The Labute approximate surface area is 213 Å². The van der Waals surface area contributed by atoms with E-state index in [1.54, 1.807) is 7.11 Å². The van der Waals surface area contributed by atoms with Gasteiger partial charge in [0.15, 0.2) is 17.5 Å². The van der Waals surface area contributed by atoms with Crippen LogP contribution in [0, 0.1) is 0 Å². The average Bonchev–Trinajstić information content (AvgIpc) is 3.49. The molecule has 4 rings (SSSR count). The second kappa shape index (κ2) is 12.5. The van der Waals surface area contributed by atoms with Crippen molar-refractivity contribution in [2.24, 2.45) is 12.0 Å². The summed E-state index contributed by atoms with van der Waals surface area (Å²) in [7, 11) is 3.62. The molecule has 1 saturated heterocycles. The van der Waals surface area contributed by atoms with Gasteiger partial charge in [-0.3, -0.25) is 4.68 Å². The molecule has 1 aliphatic carbocycles. The number of aromatic nitrogens is 2. The van der Waals surface area contributed by atoms with Gasteiger partial charge in [0, 0.05) is 37.5 Å². The van der Waals surface area contributed by atoms with Gasteiger partial charge in [-0.2, -0.15) is 5.10 Å². The van der Waals surface area contributed by atoms with Crippen molar-refractivity contribution in [3.8, 4) is 11.5 Å². The number of aliphatic imine (C=N–C) groups is 1. The molecular formula is C24H36IN5O3. The van der Waals surface area contributed by atoms with E-state index in [1.807, 2.05) is 36.3 Å². The molecule has 1 atom stereocenters. The molecule has 1 aromatic carbocycles. The summed E-state index contributed by atoms with van der Waals surface area (Å²) in [5.74, 6) is 2.49. The quantitative estimate of drug-likeness (QED) is 0.310. The zero-order valence-corrected chi connectivity index (χ0v) is 22.2. The standard InChI is InChI=1S/C24H35N5O3.HI/c1-4-25-24(29-12-13-31-22(17-29)19-15-27-28(2)16-19)26-14-18-8-7-11-21(30-3)23(18)32-20-9-5-6-10-20;/h7-8,11,15-16,20,22H,4-6,9-10,12-14,17H2,1-3H3,(H,25,26);1H. The number of morpholine rings is 1. The van der Waals surface area contributed by atoms with Gasteiger partial charge in [0.25, 0.3) is 0 Å². The van der Waals surface area contributed by atoms with Gasteiger partial charge < -0.3 is 24.4 Å². The number of ether oxygens (including phenoxy) is 3. The van der Waals surface area contributed by atoms with Crippen LogP contribution in [0.1, 0.15) is 49.8 Å². The minimum Gasteiger partial charge on any atom is -0.493 e. The van der Waals surface area contributed by atoms with Gasteiger partial charge in [-0.15, -0.1) is 24.0 Å². The van der Waals surface area contributed by atoms with E-state index in [9.17, 15) is 0 Å². The largest absolute Gasteiger partial charge is 0.493 e. The predicted molar refractivity (Wildman–Crippen MR) is 140 cm³/mol. The van der Waals surface area contributed by atoms with Crippen LogP contribution in [-0.4, -0.2) is 60.1 Å². The van der Waals surface area contributed by atoms with Crippen LogP contribution in [0.25, 0.3) is 0 Å². The lowest BCUT2D eigenvalue weighted by Gasteiger charge is -2.34. The normalized spacial score (nSPS) is 19.3. The van der Waals surface area contributed by atoms with Crippen molar-refractivity contribution in [1.82, 2.24) is 20.0 Å². The molecular weight excluding hydrogens is 533 g/mol. The number of guanidine groups is 1. The minimum atomic E-state index is -0.0145. The van der Waals surface area contributed by atoms with E-state index >= 15 is 0 Å². The van der Waals surface area contributed by atoms with Gasteiger partial charge in [-0.1, -0.05) is 12.1 Å². The van der Waals surface area contributed by atoms with Crippen LogP contribution in [-0.2, 0) is 18.3 Å². The molecule has 0 radical (unpaired) electrons. The first kappa shape index (κ1) is 25.6. The number of rotatable bonds is 7. The third-order valence-electron chi connectivity index (χ3n) is 6.06. The van der Waals surface area contributed by atoms with Crippen molar-refractivity contribution < 1.29 is 14.2 Å². The second-order valence-corrected chi connectivity index (χ2v) is 8.40. The highest BCUT2D eigenvalue weighted by molar-refractivity contribution is 14.0. The van der Waals surface area contributed by atoms with E-state index < -0.39 is 0 Å². The van der Waals surface area contributed by atoms with E-state index in [4.69, 9.17) is 19.2 Å². The number of benzene rings is 1. The molecule has 2 heterocycles. The highest BCUT2D eigenvalue weighted by Crippen LogP contribution is 2.35. The maximum Gasteiger partial charge on any atom is 0.194 e. The van der Waals surface area contributed by atoms with E-state index in [0.29, 0.717) is 13.2 Å². The number of aryl methyl sites for hydroxylation is 1. The first-order chi connectivity index (χ1) is 15.7. The number of nitrogens with zero attached hydrogens (tertiary/aromatic N) is 4. The van der Waals surface area contributed by atoms with Gasteiger partial charge in [-0.25, -0.2) is 4.99 Å². The lowest BCUT2D eigenvalue weighted by atomic mass is 10.1. The molecule has 0 spiro atoms. The van der Waals surface area contributed by atoms with Gasteiger partial charge in [0.1, 0.15) is 6.10 Å². The summed E-state index contributed by atoms with van der Waals surface area (Å²) in [5, 5.41) is 7.74. The number of para-hydroxylation sites is 1. The van der Waals surface area contributed by atoms with Crippen LogP contribution in [0.15, 0.2) is 35.6 Å². The fraction of sp³-hybridized carbons (Fsp3) is 0.583. The number of halogens is 1. The SMILES string of the molecule is CCNC(=NCc1cccc(OC)c1OC1CCCC1)N1CCOC(c2cnn(C)c2)C1.I. The Morgan fingerprint density at radius 2 is 2.12 bits per heavy atom. The average molecular weight is 569 g/mol. The van der Waals surface area contributed by atoms with E-state index in [0.717, 1.165) is 61.1 Å². The third-order valence-corrected chi connectivity index (χ3v) is 6.06. The van der Waals surface area contributed by atoms with E-state index in [1.165, 1.54) is 12.8 Å². The molecule has 1 N–H and O–H groups in total. The summed E-state index contributed by atoms with van der Waals surface area (Å²) in [5.41, 5.74) is 2.14. The molecule has 182 valence electrons. The predicted octanol–water partition coefficient (Wildman–Crippen LogP) is 3.91. The second-order valence-electron chi connectivity index (χ2n) is 8.40. The molecule has 1 aliphatic heterocycles. The van der Waals surface area contributed by atoms with Crippen LogP contribution in [0.2, 0.25) is 0 Å². The van der Waals surface area contributed by atoms with Crippen LogP contribution >= 0.6 is 24.0 Å². The summed E-state index contributed by atoms with van der Waals surface area (Å²) < 4.78 is 19.8. The minimum absolute atomic E-state index is 0. The molecule has 1 saturated carbocycles. The molecule has 2 aromatic rings. The Morgan fingerprint density at radius 3 is 2.82 bits per heavy atom. The van der Waals surface area contributed by atoms with Crippen molar-refractivity contribution in [2.75, 3.05) is 33.4 Å². The van der Waals surface area contributed by atoms with E-state index in [2.05, 4.69) is 28.3 Å². The Hall–Kier alpha value is -2.01. The summed E-state index contributed by atoms with van der Waals surface area (Å²) in [4.78, 5) is 7.24. The maximum atomic E-state index is 6.39. The molecule has 2 fully saturated rings. The molecule has 33 heavy (non-hydrogen) atoms. The first-order valence-corrected chi connectivity index (χ1v) is 11.6. The highest BCUT2D eigenvalue weighted by Gasteiger charge is 2.25. The van der Waals surface area contributed by atoms with Crippen LogP contribution in [0.5, 0.6) is 11.5 Å².